The van der Waals surface area contributed by atoms with Crippen molar-refractivity contribution in [1.82, 2.24) is 15.0 Å². The van der Waals surface area contributed by atoms with Gasteiger partial charge in [-0.3, -0.25) is 4.79 Å². The fraction of sp³-hybridized carbons (Fsp3) is 0.667. The summed E-state index contributed by atoms with van der Waals surface area (Å²) in [6.07, 6.45) is 4.38. The molecule has 5 nitrogen and oxygen atoms in total. The van der Waals surface area contributed by atoms with Gasteiger partial charge in [-0.1, -0.05) is 5.21 Å². The van der Waals surface area contributed by atoms with Gasteiger partial charge in [-0.15, -0.1) is 5.10 Å². The molecule has 0 N–H and O–H groups in total. The molecule has 0 aliphatic heterocycles. The summed E-state index contributed by atoms with van der Waals surface area (Å²) in [5.41, 5.74) is 1.06. The van der Waals surface area contributed by atoms with E-state index >= 15 is 0 Å². The Labute approximate surface area is 82.1 Å². The first-order valence-corrected chi connectivity index (χ1v) is 4.79. The Morgan fingerprint density at radius 2 is 2.50 bits per heavy atom. The Kier molecular flexibility index (Phi) is 2.47. The van der Waals surface area contributed by atoms with E-state index in [1.54, 1.807) is 4.68 Å². The highest BCUT2D eigenvalue weighted by Gasteiger charge is 2.26. The molecule has 1 saturated carbocycles. The first kappa shape index (κ1) is 9.18. The van der Waals surface area contributed by atoms with Crippen LogP contribution < -0.4 is 0 Å². The summed E-state index contributed by atoms with van der Waals surface area (Å²) in [4.78, 5) is 10.5. The Morgan fingerprint density at radius 1 is 1.71 bits per heavy atom. The maximum Gasteiger partial charge on any atom is 0.302 e. The molecule has 0 aromatic carbocycles. The molecule has 14 heavy (non-hydrogen) atoms. The molecule has 0 saturated heterocycles. The van der Waals surface area contributed by atoms with Crippen LogP contribution in [0, 0.1) is 0 Å². The van der Waals surface area contributed by atoms with E-state index in [1.165, 1.54) is 19.8 Å². The normalized spacial score (nSPS) is 15.5. The summed E-state index contributed by atoms with van der Waals surface area (Å²) in [6, 6.07) is 0. The molecule has 1 aliphatic rings. The molecule has 0 radical (unpaired) electrons. The van der Waals surface area contributed by atoms with Crippen molar-refractivity contribution < 1.29 is 9.53 Å². The third-order valence-corrected chi connectivity index (χ3v) is 2.18. The number of nitrogens with zero attached hydrogens (tertiary/aromatic N) is 3. The predicted molar refractivity (Wildman–Crippen MR) is 48.6 cm³/mol. The van der Waals surface area contributed by atoms with Crippen LogP contribution in [0.1, 0.15) is 31.4 Å². The van der Waals surface area contributed by atoms with Crippen LogP contribution in [0.15, 0.2) is 6.20 Å². The highest BCUT2D eigenvalue weighted by Crippen LogP contribution is 2.38. The van der Waals surface area contributed by atoms with Gasteiger partial charge in [0.2, 0.25) is 0 Å². The van der Waals surface area contributed by atoms with Crippen molar-refractivity contribution in [3.63, 3.8) is 0 Å². The Hall–Kier alpha value is -1.39. The standard InChI is InChI=1S/C9H13N3O2/c1-7(13)14-5-4-12-6-9(10-11-12)8-2-3-8/h6,8H,2-5H2,1H3. The molecule has 76 valence electrons. The molecular formula is C9H13N3O2. The van der Waals surface area contributed by atoms with E-state index in [4.69, 9.17) is 4.74 Å². The summed E-state index contributed by atoms with van der Waals surface area (Å²) >= 11 is 0. The quantitative estimate of drug-likeness (QED) is 0.664. The van der Waals surface area contributed by atoms with Crippen molar-refractivity contribution in [2.24, 2.45) is 0 Å². The van der Waals surface area contributed by atoms with Gasteiger partial charge in [0.15, 0.2) is 0 Å². The summed E-state index contributed by atoms with van der Waals surface area (Å²) < 4.78 is 6.52. The minimum absolute atomic E-state index is 0.257. The first-order chi connectivity index (χ1) is 6.75. The van der Waals surface area contributed by atoms with Gasteiger partial charge in [-0.25, -0.2) is 4.68 Å². The van der Waals surface area contributed by atoms with Crippen LogP contribution in [0.4, 0.5) is 0 Å². The molecule has 1 heterocycles. The molecule has 5 heteroatoms. The van der Waals surface area contributed by atoms with E-state index in [1.807, 2.05) is 6.20 Å². The van der Waals surface area contributed by atoms with Crippen molar-refractivity contribution >= 4 is 5.97 Å². The fourth-order valence-electron chi connectivity index (χ4n) is 1.27. The number of carbonyl (C=O) groups is 1. The summed E-state index contributed by atoms with van der Waals surface area (Å²) in [5.74, 6) is 0.366. The van der Waals surface area contributed by atoms with Crippen LogP contribution in [0.5, 0.6) is 0 Å². The Morgan fingerprint density at radius 3 is 3.14 bits per heavy atom. The lowest BCUT2D eigenvalue weighted by Gasteiger charge is -2.00. The molecule has 1 aromatic rings. The van der Waals surface area contributed by atoms with Gasteiger partial charge in [0.05, 0.1) is 12.2 Å². The third-order valence-electron chi connectivity index (χ3n) is 2.18. The van der Waals surface area contributed by atoms with Crippen molar-refractivity contribution in [2.45, 2.75) is 32.2 Å². The van der Waals surface area contributed by atoms with Crippen molar-refractivity contribution in [3.05, 3.63) is 11.9 Å². The van der Waals surface area contributed by atoms with Crippen LogP contribution in [0.2, 0.25) is 0 Å². The second-order valence-corrected chi connectivity index (χ2v) is 3.52. The van der Waals surface area contributed by atoms with Gasteiger partial charge < -0.3 is 4.74 Å². The molecule has 1 aromatic heterocycles. The lowest BCUT2D eigenvalue weighted by Crippen LogP contribution is -2.09. The van der Waals surface area contributed by atoms with Gasteiger partial charge >= 0.3 is 5.97 Å². The van der Waals surface area contributed by atoms with Crippen LogP contribution in [-0.2, 0) is 16.1 Å². The molecule has 2 rings (SSSR count). The zero-order chi connectivity index (χ0) is 9.97. The minimum Gasteiger partial charge on any atom is -0.464 e. The molecule has 0 spiro atoms. The highest BCUT2D eigenvalue weighted by atomic mass is 16.5. The molecule has 1 aliphatic carbocycles. The number of ether oxygens (including phenoxy) is 1. The van der Waals surface area contributed by atoms with E-state index in [0.29, 0.717) is 19.1 Å². The second kappa shape index (κ2) is 3.77. The molecule has 1 fully saturated rings. The molecule has 0 bridgehead atoms. The topological polar surface area (TPSA) is 57.0 Å². The maximum absolute atomic E-state index is 10.5. The van der Waals surface area contributed by atoms with Crippen LogP contribution >= 0.6 is 0 Å². The summed E-state index contributed by atoms with van der Waals surface area (Å²) in [7, 11) is 0. The number of aromatic nitrogens is 3. The first-order valence-electron chi connectivity index (χ1n) is 4.79. The number of rotatable bonds is 4. The van der Waals surface area contributed by atoms with Gasteiger partial charge in [-0.05, 0) is 12.8 Å². The van der Waals surface area contributed by atoms with Gasteiger partial charge in [-0.2, -0.15) is 0 Å². The zero-order valence-corrected chi connectivity index (χ0v) is 8.14. The third kappa shape index (κ3) is 2.31. The highest BCUT2D eigenvalue weighted by molar-refractivity contribution is 5.65. The Bertz CT molecular complexity index is 331. The summed E-state index contributed by atoms with van der Waals surface area (Å²) in [5, 5.41) is 8.00. The second-order valence-electron chi connectivity index (χ2n) is 3.52. The van der Waals surface area contributed by atoms with E-state index in [0.717, 1.165) is 5.69 Å². The zero-order valence-electron chi connectivity index (χ0n) is 8.14. The fourth-order valence-corrected chi connectivity index (χ4v) is 1.27. The minimum atomic E-state index is -0.257. The molecular weight excluding hydrogens is 182 g/mol. The molecule has 0 unspecified atom stereocenters. The summed E-state index contributed by atoms with van der Waals surface area (Å²) in [6.45, 7) is 2.35. The maximum atomic E-state index is 10.5. The monoisotopic (exact) mass is 195 g/mol. The van der Waals surface area contributed by atoms with Gasteiger partial charge in [0, 0.05) is 19.0 Å². The SMILES string of the molecule is CC(=O)OCCn1cc(C2CC2)nn1. The lowest BCUT2D eigenvalue weighted by molar-refractivity contribution is -0.141. The Balaban J connectivity index is 1.80. The van der Waals surface area contributed by atoms with Crippen molar-refractivity contribution in [1.29, 1.82) is 0 Å². The van der Waals surface area contributed by atoms with Crippen LogP contribution in [-0.4, -0.2) is 27.6 Å². The van der Waals surface area contributed by atoms with Crippen LogP contribution in [0.3, 0.4) is 0 Å². The smallest absolute Gasteiger partial charge is 0.302 e. The largest absolute Gasteiger partial charge is 0.464 e. The molecule has 0 atom stereocenters. The molecule has 0 amide bonds. The van der Waals surface area contributed by atoms with Crippen molar-refractivity contribution in [3.8, 4) is 0 Å². The number of carbonyl (C=O) groups excluding carboxylic acids is 1. The lowest BCUT2D eigenvalue weighted by atomic mass is 10.3. The van der Waals surface area contributed by atoms with Gasteiger partial charge in [0.1, 0.15) is 6.61 Å². The van der Waals surface area contributed by atoms with E-state index in [-0.39, 0.29) is 5.97 Å². The number of hydrogen-bond acceptors (Lipinski definition) is 4. The average molecular weight is 195 g/mol. The number of hydrogen-bond donors (Lipinski definition) is 0. The van der Waals surface area contributed by atoms with E-state index in [9.17, 15) is 4.79 Å². The number of esters is 1. The van der Waals surface area contributed by atoms with E-state index in [2.05, 4.69) is 10.3 Å². The van der Waals surface area contributed by atoms with Crippen molar-refractivity contribution in [2.75, 3.05) is 6.61 Å². The van der Waals surface area contributed by atoms with E-state index < -0.39 is 0 Å². The van der Waals surface area contributed by atoms with Crippen LogP contribution in [0.25, 0.3) is 0 Å². The average Bonchev–Trinajstić information content (AvgIpc) is 2.87. The van der Waals surface area contributed by atoms with Gasteiger partial charge in [0.25, 0.3) is 0 Å². The predicted octanol–water partition coefficient (Wildman–Crippen LogP) is 0.719.